The number of carbonyl (C=O) groups excluding carboxylic acids is 1. The van der Waals surface area contributed by atoms with E-state index in [-0.39, 0.29) is 18.9 Å². The summed E-state index contributed by atoms with van der Waals surface area (Å²) < 4.78 is 23.4. The van der Waals surface area contributed by atoms with E-state index in [1.165, 1.54) is 103 Å². The summed E-state index contributed by atoms with van der Waals surface area (Å²) in [6.07, 6.45) is 32.6. The van der Waals surface area contributed by atoms with Gasteiger partial charge in [-0.2, -0.15) is 0 Å². The van der Waals surface area contributed by atoms with E-state index in [4.69, 9.17) is 9.05 Å². The average molecular weight is 748 g/mol. The molecule has 4 N–H and O–H groups in total. The summed E-state index contributed by atoms with van der Waals surface area (Å²) >= 11 is 0. The van der Waals surface area contributed by atoms with Gasteiger partial charge in [0.2, 0.25) is 5.91 Å². The number of phosphoric ester groups is 1. The lowest BCUT2D eigenvalue weighted by atomic mass is 9.99. The Morgan fingerprint density at radius 3 is 1.57 bits per heavy atom. The summed E-state index contributed by atoms with van der Waals surface area (Å²) in [5.41, 5.74) is 0. The monoisotopic (exact) mass is 748 g/mol. The number of likely N-dealkylation sites (N-methyl/N-ethyl adjacent to an activating group) is 1. The predicted octanol–water partition coefficient (Wildman–Crippen LogP) is 10.2. The molecule has 0 saturated heterocycles. The van der Waals surface area contributed by atoms with Crippen molar-refractivity contribution in [3.63, 3.8) is 0 Å². The normalized spacial score (nSPS) is 15.2. The Morgan fingerprint density at radius 1 is 0.667 bits per heavy atom. The number of hydrogen-bond donors (Lipinski definition) is 4. The summed E-state index contributed by atoms with van der Waals surface area (Å²) in [5, 5.41) is 24.6. The number of aliphatic hydroxyl groups excluding tert-OH is 2. The van der Waals surface area contributed by atoms with Crippen molar-refractivity contribution >= 4 is 13.7 Å². The summed E-state index contributed by atoms with van der Waals surface area (Å²) in [5.74, 6) is -0.267. The Kier molecular flexibility index (Phi) is 33.2. The third-order valence-corrected chi connectivity index (χ3v) is 10.6. The van der Waals surface area contributed by atoms with Crippen LogP contribution in [0.1, 0.15) is 187 Å². The maximum atomic E-state index is 12.9. The zero-order chi connectivity index (χ0) is 38.1. The zero-order valence-electron chi connectivity index (χ0n) is 34.0. The number of nitrogens with zero attached hydrogens (tertiary/aromatic N) is 1. The van der Waals surface area contributed by atoms with Crippen LogP contribution in [0.3, 0.4) is 0 Å². The van der Waals surface area contributed by atoms with Crippen molar-refractivity contribution < 1.29 is 38.0 Å². The molecule has 10 heteroatoms. The SMILES string of the molecule is CCCCCCCC/C=C\CCCCCCCC(=O)NC(COP(=O)(O)OCC[N+](C)(C)C)C(O)C(O)CCCCCCCCCCCCCC. The smallest absolute Gasteiger partial charge is 0.390 e. The molecule has 1 amide bonds. The fourth-order valence-corrected chi connectivity index (χ4v) is 6.87. The molecule has 304 valence electrons. The van der Waals surface area contributed by atoms with Crippen molar-refractivity contribution in [2.75, 3.05) is 40.9 Å². The Labute approximate surface area is 314 Å². The van der Waals surface area contributed by atoms with Crippen LogP contribution >= 0.6 is 7.82 Å². The third kappa shape index (κ3) is 34.7. The van der Waals surface area contributed by atoms with E-state index < -0.39 is 32.7 Å². The highest BCUT2D eigenvalue weighted by Gasteiger charge is 2.31. The lowest BCUT2D eigenvalue weighted by Crippen LogP contribution is -2.51. The van der Waals surface area contributed by atoms with Crippen molar-refractivity contribution in [2.24, 2.45) is 0 Å². The first-order valence-corrected chi connectivity index (χ1v) is 22.6. The van der Waals surface area contributed by atoms with Gasteiger partial charge in [0.15, 0.2) is 0 Å². The Balaban J connectivity index is 4.55. The van der Waals surface area contributed by atoms with E-state index in [0.717, 1.165) is 57.8 Å². The molecule has 0 spiro atoms. The number of allylic oxidation sites excluding steroid dienone is 2. The minimum Gasteiger partial charge on any atom is -0.390 e. The third-order valence-electron chi connectivity index (χ3n) is 9.61. The second-order valence-electron chi connectivity index (χ2n) is 15.9. The molecule has 51 heavy (non-hydrogen) atoms. The number of amides is 1. The molecule has 0 aromatic carbocycles. The summed E-state index contributed by atoms with van der Waals surface area (Å²) in [6.45, 7) is 4.58. The van der Waals surface area contributed by atoms with Gasteiger partial charge in [-0.15, -0.1) is 0 Å². The summed E-state index contributed by atoms with van der Waals surface area (Å²) in [7, 11) is 1.43. The number of phosphoric acid groups is 1. The maximum Gasteiger partial charge on any atom is 0.472 e. The van der Waals surface area contributed by atoms with Gasteiger partial charge in [-0.1, -0.05) is 154 Å². The molecule has 0 radical (unpaired) electrons. The van der Waals surface area contributed by atoms with Gasteiger partial charge in [-0.25, -0.2) is 4.57 Å². The number of aliphatic hydroxyl groups is 2. The van der Waals surface area contributed by atoms with Crippen LogP contribution in [0, 0.1) is 0 Å². The van der Waals surface area contributed by atoms with Gasteiger partial charge in [0.05, 0.1) is 39.9 Å². The molecule has 0 bridgehead atoms. The van der Waals surface area contributed by atoms with E-state index in [2.05, 4.69) is 31.3 Å². The van der Waals surface area contributed by atoms with Gasteiger partial charge in [-0.3, -0.25) is 13.8 Å². The molecule has 0 saturated carbocycles. The summed E-state index contributed by atoms with van der Waals surface area (Å²) in [6, 6.07) is -1.03. The molecule has 0 aliphatic rings. The van der Waals surface area contributed by atoms with Crippen LogP contribution in [0.15, 0.2) is 12.2 Å². The number of rotatable bonds is 38. The molecule has 0 aliphatic carbocycles. The van der Waals surface area contributed by atoms with Crippen LogP contribution < -0.4 is 5.32 Å². The van der Waals surface area contributed by atoms with E-state index in [9.17, 15) is 24.5 Å². The highest BCUT2D eigenvalue weighted by atomic mass is 31.2. The molecule has 0 fully saturated rings. The van der Waals surface area contributed by atoms with Crippen molar-refractivity contribution in [3.05, 3.63) is 12.2 Å². The second-order valence-corrected chi connectivity index (χ2v) is 17.3. The predicted molar refractivity (Wildman–Crippen MR) is 214 cm³/mol. The maximum absolute atomic E-state index is 12.9. The van der Waals surface area contributed by atoms with Crippen LogP contribution in [-0.2, 0) is 18.4 Å². The van der Waals surface area contributed by atoms with E-state index >= 15 is 0 Å². The lowest BCUT2D eigenvalue weighted by Gasteiger charge is -2.28. The number of unbranched alkanes of at least 4 members (excludes halogenated alkanes) is 22. The Bertz CT molecular complexity index is 867. The fourth-order valence-electron chi connectivity index (χ4n) is 6.14. The van der Waals surface area contributed by atoms with Crippen LogP contribution in [0.25, 0.3) is 0 Å². The molecule has 0 aromatic rings. The van der Waals surface area contributed by atoms with Crippen molar-refractivity contribution in [2.45, 2.75) is 205 Å². The van der Waals surface area contributed by atoms with Gasteiger partial charge in [0.1, 0.15) is 19.3 Å². The molecular formula is C41H84N2O7P+. The molecule has 0 heterocycles. The van der Waals surface area contributed by atoms with E-state index in [1.807, 2.05) is 21.1 Å². The van der Waals surface area contributed by atoms with Gasteiger partial charge in [0.25, 0.3) is 0 Å². The quantitative estimate of drug-likeness (QED) is 0.0214. The van der Waals surface area contributed by atoms with Crippen molar-refractivity contribution in [1.82, 2.24) is 5.32 Å². The minimum atomic E-state index is -4.41. The average Bonchev–Trinajstić information content (AvgIpc) is 3.07. The number of carbonyl (C=O) groups is 1. The molecule has 4 unspecified atom stereocenters. The van der Waals surface area contributed by atoms with Crippen molar-refractivity contribution in [1.29, 1.82) is 0 Å². The Hall–Kier alpha value is -0.800. The van der Waals surface area contributed by atoms with Crippen molar-refractivity contribution in [3.8, 4) is 0 Å². The zero-order valence-corrected chi connectivity index (χ0v) is 34.9. The molecule has 0 aromatic heterocycles. The van der Waals surface area contributed by atoms with Gasteiger partial charge in [-0.05, 0) is 38.5 Å². The largest absolute Gasteiger partial charge is 0.472 e. The first-order chi connectivity index (χ1) is 24.4. The number of hydrogen-bond acceptors (Lipinski definition) is 6. The van der Waals surface area contributed by atoms with E-state index in [0.29, 0.717) is 17.4 Å². The van der Waals surface area contributed by atoms with Crippen LogP contribution in [0.4, 0.5) is 0 Å². The first kappa shape index (κ1) is 50.2. The van der Waals surface area contributed by atoms with Crippen LogP contribution in [0.2, 0.25) is 0 Å². The highest BCUT2D eigenvalue weighted by molar-refractivity contribution is 7.47. The van der Waals surface area contributed by atoms with E-state index in [1.54, 1.807) is 0 Å². The van der Waals surface area contributed by atoms with Gasteiger partial charge in [0, 0.05) is 6.42 Å². The molecule has 9 nitrogen and oxygen atoms in total. The van der Waals surface area contributed by atoms with Gasteiger partial charge < -0.3 is 24.9 Å². The molecule has 4 atom stereocenters. The molecule has 0 rings (SSSR count). The molecule has 0 aliphatic heterocycles. The molecular weight excluding hydrogens is 663 g/mol. The first-order valence-electron chi connectivity index (χ1n) is 21.1. The number of quaternary nitrogens is 1. The lowest BCUT2D eigenvalue weighted by molar-refractivity contribution is -0.870. The van der Waals surface area contributed by atoms with Gasteiger partial charge >= 0.3 is 7.82 Å². The Morgan fingerprint density at radius 2 is 1.10 bits per heavy atom. The van der Waals surface area contributed by atoms with Crippen LogP contribution in [0.5, 0.6) is 0 Å². The topological polar surface area (TPSA) is 125 Å². The van der Waals surface area contributed by atoms with Crippen LogP contribution in [-0.4, -0.2) is 84.6 Å². The summed E-state index contributed by atoms with van der Waals surface area (Å²) in [4.78, 5) is 23.1. The minimum absolute atomic E-state index is 0.0217. The second kappa shape index (κ2) is 33.7. The highest BCUT2D eigenvalue weighted by Crippen LogP contribution is 2.43. The fraction of sp³-hybridized carbons (Fsp3) is 0.927. The standard InChI is InChI=1S/C41H83N2O7P/c1-6-8-10-12-14-16-18-20-21-22-24-26-28-30-32-34-40(45)42-38(37-50-51(47,48)49-36-35-43(3,4)5)41(46)39(44)33-31-29-27-25-23-19-17-15-13-11-9-7-2/h20-21,38-39,41,44,46H,6-19,22-37H2,1-5H3,(H-,42,45,47,48)/p+1/b21-20-. The number of nitrogens with one attached hydrogen (secondary N) is 1.